The molecule has 0 amide bonds. The van der Waals surface area contributed by atoms with Gasteiger partial charge in [-0.2, -0.15) is 0 Å². The molecule has 102 valence electrons. The number of carbonyl (C=O) groups excluding carboxylic acids is 1. The van der Waals surface area contributed by atoms with Crippen LogP contribution in [-0.2, 0) is 9.53 Å². The second-order valence-corrected chi connectivity index (χ2v) is 5.36. The zero-order valence-corrected chi connectivity index (χ0v) is 11.3. The Morgan fingerprint density at radius 1 is 1.44 bits per heavy atom. The minimum absolute atomic E-state index is 0.116. The highest BCUT2D eigenvalue weighted by atomic mass is 16.5. The number of hydrogen-bond donors (Lipinski definition) is 1. The summed E-state index contributed by atoms with van der Waals surface area (Å²) in [5, 5.41) is 9.85. The SMILES string of the molecule is CCC(=CCN1CC2CCC(O)C2C1)C(=O)OC. The van der Waals surface area contributed by atoms with Gasteiger partial charge in [0.25, 0.3) is 0 Å². The molecule has 0 radical (unpaired) electrons. The zero-order valence-electron chi connectivity index (χ0n) is 11.3. The smallest absolute Gasteiger partial charge is 0.333 e. The Bertz CT molecular complexity index is 340. The Morgan fingerprint density at radius 2 is 2.22 bits per heavy atom. The number of carbonyl (C=O) groups is 1. The average molecular weight is 253 g/mol. The van der Waals surface area contributed by atoms with Gasteiger partial charge in [-0.25, -0.2) is 4.79 Å². The topological polar surface area (TPSA) is 49.8 Å². The molecule has 0 bridgehead atoms. The summed E-state index contributed by atoms with van der Waals surface area (Å²) in [5.74, 6) is 0.870. The predicted octanol–water partition coefficient (Wildman–Crippen LogP) is 1.20. The molecule has 0 aromatic carbocycles. The summed E-state index contributed by atoms with van der Waals surface area (Å²) in [6.45, 7) is 4.76. The maximum absolute atomic E-state index is 11.4. The van der Waals surface area contributed by atoms with Crippen molar-refractivity contribution in [2.75, 3.05) is 26.7 Å². The molecule has 2 rings (SSSR count). The molecule has 2 aliphatic rings. The van der Waals surface area contributed by atoms with Gasteiger partial charge in [0.15, 0.2) is 0 Å². The van der Waals surface area contributed by atoms with Gasteiger partial charge in [-0.05, 0) is 25.2 Å². The lowest BCUT2D eigenvalue weighted by molar-refractivity contribution is -0.136. The monoisotopic (exact) mass is 253 g/mol. The third-order valence-electron chi connectivity index (χ3n) is 4.32. The van der Waals surface area contributed by atoms with E-state index in [9.17, 15) is 9.90 Å². The lowest BCUT2D eigenvalue weighted by Crippen LogP contribution is -2.25. The van der Waals surface area contributed by atoms with Crippen LogP contribution in [0, 0.1) is 11.8 Å². The zero-order chi connectivity index (χ0) is 13.1. The highest BCUT2D eigenvalue weighted by Crippen LogP contribution is 2.37. The van der Waals surface area contributed by atoms with E-state index in [-0.39, 0.29) is 12.1 Å². The van der Waals surface area contributed by atoms with Crippen LogP contribution in [-0.4, -0.2) is 48.8 Å². The third-order valence-corrected chi connectivity index (χ3v) is 4.32. The molecule has 0 spiro atoms. The number of methoxy groups -OCH3 is 1. The fourth-order valence-corrected chi connectivity index (χ4v) is 3.22. The van der Waals surface area contributed by atoms with Crippen LogP contribution < -0.4 is 0 Å². The molecule has 3 atom stereocenters. The first-order chi connectivity index (χ1) is 8.65. The van der Waals surface area contributed by atoms with Crippen molar-refractivity contribution < 1.29 is 14.6 Å². The van der Waals surface area contributed by atoms with Crippen LogP contribution in [0.4, 0.5) is 0 Å². The van der Waals surface area contributed by atoms with Crippen LogP contribution >= 0.6 is 0 Å². The summed E-state index contributed by atoms with van der Waals surface area (Å²) in [6.07, 6.45) is 4.66. The number of ether oxygens (including phenoxy) is 1. The van der Waals surface area contributed by atoms with Crippen molar-refractivity contribution in [3.63, 3.8) is 0 Å². The summed E-state index contributed by atoms with van der Waals surface area (Å²) in [5.41, 5.74) is 0.745. The van der Waals surface area contributed by atoms with Crippen molar-refractivity contribution in [2.45, 2.75) is 32.3 Å². The van der Waals surface area contributed by atoms with Gasteiger partial charge in [0.05, 0.1) is 13.2 Å². The van der Waals surface area contributed by atoms with Crippen molar-refractivity contribution >= 4 is 5.97 Å². The van der Waals surface area contributed by atoms with Crippen LogP contribution in [0.25, 0.3) is 0 Å². The van der Waals surface area contributed by atoms with E-state index in [1.165, 1.54) is 7.11 Å². The summed E-state index contributed by atoms with van der Waals surface area (Å²) < 4.78 is 4.74. The summed E-state index contributed by atoms with van der Waals surface area (Å²) in [6, 6.07) is 0. The Morgan fingerprint density at radius 3 is 2.83 bits per heavy atom. The molecule has 1 aliphatic carbocycles. The first kappa shape index (κ1) is 13.6. The van der Waals surface area contributed by atoms with Gasteiger partial charge in [-0.3, -0.25) is 4.90 Å². The van der Waals surface area contributed by atoms with Crippen LogP contribution in [0.2, 0.25) is 0 Å². The van der Waals surface area contributed by atoms with Crippen LogP contribution in [0.3, 0.4) is 0 Å². The minimum atomic E-state index is -0.225. The number of rotatable bonds is 4. The van der Waals surface area contributed by atoms with Gasteiger partial charge >= 0.3 is 5.97 Å². The van der Waals surface area contributed by atoms with Gasteiger partial charge < -0.3 is 9.84 Å². The van der Waals surface area contributed by atoms with Crippen LogP contribution in [0.1, 0.15) is 26.2 Å². The lowest BCUT2D eigenvalue weighted by Gasteiger charge is -2.16. The Balaban J connectivity index is 1.88. The van der Waals surface area contributed by atoms with Gasteiger partial charge in [0.1, 0.15) is 0 Å². The molecule has 4 heteroatoms. The van der Waals surface area contributed by atoms with Crippen molar-refractivity contribution in [1.29, 1.82) is 0 Å². The summed E-state index contributed by atoms with van der Waals surface area (Å²) in [7, 11) is 1.42. The Labute approximate surface area is 109 Å². The van der Waals surface area contributed by atoms with E-state index in [2.05, 4.69) is 4.90 Å². The second-order valence-electron chi connectivity index (χ2n) is 5.36. The molecule has 4 nitrogen and oxygen atoms in total. The number of aliphatic hydroxyl groups excluding tert-OH is 1. The van der Waals surface area contributed by atoms with Gasteiger partial charge in [0.2, 0.25) is 0 Å². The summed E-state index contributed by atoms with van der Waals surface area (Å²) in [4.78, 5) is 13.8. The molecule has 0 aromatic heterocycles. The molecule has 3 unspecified atom stereocenters. The largest absolute Gasteiger partial charge is 0.466 e. The fourth-order valence-electron chi connectivity index (χ4n) is 3.22. The first-order valence-corrected chi connectivity index (χ1v) is 6.83. The molecular formula is C14H23NO3. The van der Waals surface area contributed by atoms with E-state index < -0.39 is 0 Å². The standard InChI is InChI=1S/C14H23NO3/c1-3-10(14(17)18-2)6-7-15-8-11-4-5-13(16)12(11)9-15/h6,11-13,16H,3-5,7-9H2,1-2H3. The van der Waals surface area contributed by atoms with Crippen molar-refractivity contribution in [2.24, 2.45) is 11.8 Å². The molecule has 0 aromatic rings. The quantitative estimate of drug-likeness (QED) is 0.604. The number of esters is 1. The minimum Gasteiger partial charge on any atom is -0.466 e. The van der Waals surface area contributed by atoms with Gasteiger partial charge in [-0.15, -0.1) is 0 Å². The fraction of sp³-hybridized carbons (Fsp3) is 0.786. The van der Waals surface area contributed by atoms with E-state index in [0.717, 1.165) is 38.0 Å². The molecule has 2 fully saturated rings. The van der Waals surface area contributed by atoms with Crippen LogP contribution in [0.5, 0.6) is 0 Å². The van der Waals surface area contributed by atoms with Crippen molar-refractivity contribution in [1.82, 2.24) is 4.90 Å². The van der Waals surface area contributed by atoms with E-state index in [4.69, 9.17) is 4.74 Å². The average Bonchev–Trinajstić information content (AvgIpc) is 2.92. The number of likely N-dealkylation sites (tertiary alicyclic amines) is 1. The number of nitrogens with zero attached hydrogens (tertiary/aromatic N) is 1. The molecule has 1 N–H and O–H groups in total. The van der Waals surface area contributed by atoms with Crippen LogP contribution in [0.15, 0.2) is 11.6 Å². The van der Waals surface area contributed by atoms with Gasteiger partial charge in [-0.1, -0.05) is 13.0 Å². The van der Waals surface area contributed by atoms with E-state index in [1.54, 1.807) is 0 Å². The molecule has 1 heterocycles. The Hall–Kier alpha value is -0.870. The Kier molecular flexibility index (Phi) is 4.40. The highest BCUT2D eigenvalue weighted by Gasteiger charge is 2.41. The molecule has 1 saturated carbocycles. The molecular weight excluding hydrogens is 230 g/mol. The highest BCUT2D eigenvalue weighted by molar-refractivity contribution is 5.88. The maximum atomic E-state index is 11.4. The normalized spacial score (nSPS) is 32.6. The number of fused-ring (bicyclic) bond motifs is 1. The van der Waals surface area contributed by atoms with E-state index >= 15 is 0 Å². The number of hydrogen-bond acceptors (Lipinski definition) is 4. The third kappa shape index (κ3) is 2.75. The van der Waals surface area contributed by atoms with Gasteiger partial charge in [0, 0.05) is 31.1 Å². The molecule has 18 heavy (non-hydrogen) atoms. The lowest BCUT2D eigenvalue weighted by atomic mass is 10.00. The second kappa shape index (κ2) is 5.85. The number of aliphatic hydroxyl groups is 1. The maximum Gasteiger partial charge on any atom is 0.333 e. The molecule has 1 aliphatic heterocycles. The van der Waals surface area contributed by atoms with E-state index in [0.29, 0.717) is 18.3 Å². The van der Waals surface area contributed by atoms with Crippen molar-refractivity contribution in [3.8, 4) is 0 Å². The summed E-state index contributed by atoms with van der Waals surface area (Å²) >= 11 is 0. The van der Waals surface area contributed by atoms with E-state index in [1.807, 2.05) is 13.0 Å². The molecule has 1 saturated heterocycles. The van der Waals surface area contributed by atoms with Crippen molar-refractivity contribution in [3.05, 3.63) is 11.6 Å². The first-order valence-electron chi connectivity index (χ1n) is 6.83. The predicted molar refractivity (Wildman–Crippen MR) is 69.1 cm³/mol.